The minimum Gasteiger partial charge on any atom is -0.317 e. The summed E-state index contributed by atoms with van der Waals surface area (Å²) in [4.78, 5) is 35.1. The number of nitrogens with zero attached hydrogens (tertiary/aromatic N) is 1. The SMILES string of the molecule is O=C1CC(=O)N(C2CCNCC2)C(=O)N1. The van der Waals surface area contributed by atoms with E-state index < -0.39 is 11.9 Å². The van der Waals surface area contributed by atoms with Gasteiger partial charge < -0.3 is 5.32 Å². The lowest BCUT2D eigenvalue weighted by Gasteiger charge is -2.34. The number of imide groups is 2. The van der Waals surface area contributed by atoms with Crippen LogP contribution in [0.1, 0.15) is 19.3 Å². The third-order valence-corrected chi connectivity index (χ3v) is 2.72. The Kier molecular flexibility index (Phi) is 2.68. The molecule has 0 spiro atoms. The summed E-state index contributed by atoms with van der Waals surface area (Å²) in [5.74, 6) is -0.883. The third kappa shape index (κ3) is 1.99. The Morgan fingerprint density at radius 2 is 1.80 bits per heavy atom. The Hall–Kier alpha value is -1.43. The van der Waals surface area contributed by atoms with Crippen molar-refractivity contribution >= 4 is 17.8 Å². The smallest absolute Gasteiger partial charge is 0.317 e. The Balaban J connectivity index is 2.09. The number of rotatable bonds is 1. The third-order valence-electron chi connectivity index (χ3n) is 2.72. The van der Waals surface area contributed by atoms with Crippen LogP contribution in [0.3, 0.4) is 0 Å². The quantitative estimate of drug-likeness (QED) is 0.557. The van der Waals surface area contributed by atoms with Gasteiger partial charge in [-0.3, -0.25) is 19.8 Å². The lowest BCUT2D eigenvalue weighted by molar-refractivity contribution is -0.138. The van der Waals surface area contributed by atoms with E-state index in [-0.39, 0.29) is 18.4 Å². The van der Waals surface area contributed by atoms with Crippen molar-refractivity contribution in [2.24, 2.45) is 0 Å². The van der Waals surface area contributed by atoms with Crippen molar-refractivity contribution in [1.82, 2.24) is 15.5 Å². The predicted octanol–water partition coefficient (Wildman–Crippen LogP) is -0.793. The molecule has 0 radical (unpaired) electrons. The summed E-state index contributed by atoms with van der Waals surface area (Å²) in [7, 11) is 0. The number of nitrogens with one attached hydrogen (secondary N) is 2. The second kappa shape index (κ2) is 3.98. The summed E-state index contributed by atoms with van der Waals surface area (Å²) < 4.78 is 0. The Bertz CT molecular complexity index is 290. The molecule has 82 valence electrons. The fourth-order valence-corrected chi connectivity index (χ4v) is 1.99. The van der Waals surface area contributed by atoms with Crippen LogP contribution in [0.5, 0.6) is 0 Å². The van der Waals surface area contributed by atoms with Crippen LogP contribution < -0.4 is 10.6 Å². The standard InChI is InChI=1S/C9H13N3O3/c13-7-5-8(14)12(9(15)11-7)6-1-3-10-4-2-6/h6,10H,1-5H2,(H,11,13,15). The van der Waals surface area contributed by atoms with E-state index in [0.717, 1.165) is 25.9 Å². The zero-order valence-corrected chi connectivity index (χ0v) is 8.28. The normalized spacial score (nSPS) is 24.3. The van der Waals surface area contributed by atoms with Gasteiger partial charge in [0.05, 0.1) is 0 Å². The van der Waals surface area contributed by atoms with Gasteiger partial charge in [0.15, 0.2) is 0 Å². The van der Waals surface area contributed by atoms with Crippen LogP contribution in [0.15, 0.2) is 0 Å². The number of piperidine rings is 1. The van der Waals surface area contributed by atoms with Crippen LogP contribution >= 0.6 is 0 Å². The first-order valence-electron chi connectivity index (χ1n) is 5.05. The van der Waals surface area contributed by atoms with E-state index in [4.69, 9.17) is 0 Å². The molecule has 4 amide bonds. The van der Waals surface area contributed by atoms with Gasteiger partial charge in [-0.25, -0.2) is 4.79 Å². The van der Waals surface area contributed by atoms with Crippen LogP contribution in [-0.4, -0.2) is 41.9 Å². The molecule has 15 heavy (non-hydrogen) atoms. The van der Waals surface area contributed by atoms with Crippen molar-refractivity contribution in [1.29, 1.82) is 0 Å². The first-order valence-corrected chi connectivity index (χ1v) is 5.05. The minimum absolute atomic E-state index is 0.0631. The molecule has 6 heteroatoms. The van der Waals surface area contributed by atoms with Gasteiger partial charge in [-0.1, -0.05) is 0 Å². The second-order valence-electron chi connectivity index (χ2n) is 3.78. The molecule has 0 unspecified atom stereocenters. The molecule has 0 bridgehead atoms. The van der Waals surface area contributed by atoms with Crippen LogP contribution in [0.4, 0.5) is 4.79 Å². The van der Waals surface area contributed by atoms with E-state index in [2.05, 4.69) is 10.6 Å². The maximum Gasteiger partial charge on any atom is 0.331 e. The monoisotopic (exact) mass is 211 g/mol. The summed E-state index contributed by atoms with van der Waals surface area (Å²) in [6.07, 6.45) is 1.30. The number of carbonyl (C=O) groups excluding carboxylic acids is 3. The molecule has 2 rings (SSSR count). The van der Waals surface area contributed by atoms with Gasteiger partial charge in [0.2, 0.25) is 11.8 Å². The lowest BCUT2D eigenvalue weighted by atomic mass is 10.0. The summed E-state index contributed by atoms with van der Waals surface area (Å²) in [5.41, 5.74) is 0. The highest BCUT2D eigenvalue weighted by Gasteiger charge is 2.36. The molecule has 0 aromatic heterocycles. The maximum absolute atomic E-state index is 11.5. The minimum atomic E-state index is -0.567. The Morgan fingerprint density at radius 1 is 1.13 bits per heavy atom. The summed E-state index contributed by atoms with van der Waals surface area (Å²) >= 11 is 0. The number of carbonyl (C=O) groups is 3. The second-order valence-corrected chi connectivity index (χ2v) is 3.78. The van der Waals surface area contributed by atoms with E-state index >= 15 is 0 Å². The first kappa shape index (κ1) is 10.1. The Morgan fingerprint density at radius 3 is 2.40 bits per heavy atom. The van der Waals surface area contributed by atoms with Crippen LogP contribution in [0.25, 0.3) is 0 Å². The molecule has 6 nitrogen and oxygen atoms in total. The number of barbiturate groups is 1. The molecule has 2 N–H and O–H groups in total. The predicted molar refractivity (Wildman–Crippen MR) is 50.9 cm³/mol. The molecule has 0 aromatic rings. The molecule has 2 aliphatic heterocycles. The average molecular weight is 211 g/mol. The van der Waals surface area contributed by atoms with E-state index in [0.29, 0.717) is 0 Å². The maximum atomic E-state index is 11.5. The van der Waals surface area contributed by atoms with Crippen molar-refractivity contribution in [3.05, 3.63) is 0 Å². The molecule has 0 aliphatic carbocycles. The molecular weight excluding hydrogens is 198 g/mol. The van der Waals surface area contributed by atoms with Crippen LogP contribution in [0, 0.1) is 0 Å². The van der Waals surface area contributed by atoms with E-state index in [1.54, 1.807) is 0 Å². The van der Waals surface area contributed by atoms with Crippen molar-refractivity contribution in [2.45, 2.75) is 25.3 Å². The van der Waals surface area contributed by atoms with E-state index in [9.17, 15) is 14.4 Å². The Labute approximate surface area is 87.0 Å². The zero-order chi connectivity index (χ0) is 10.8. The number of amides is 4. The lowest BCUT2D eigenvalue weighted by Crippen LogP contribution is -2.58. The van der Waals surface area contributed by atoms with Gasteiger partial charge in [0, 0.05) is 6.04 Å². The van der Waals surface area contributed by atoms with Gasteiger partial charge in [0.1, 0.15) is 6.42 Å². The molecule has 2 saturated heterocycles. The highest BCUT2D eigenvalue weighted by molar-refractivity contribution is 6.14. The van der Waals surface area contributed by atoms with Gasteiger partial charge in [-0.2, -0.15) is 0 Å². The van der Waals surface area contributed by atoms with Gasteiger partial charge >= 0.3 is 6.03 Å². The highest BCUT2D eigenvalue weighted by atomic mass is 16.2. The first-order chi connectivity index (χ1) is 7.18. The highest BCUT2D eigenvalue weighted by Crippen LogP contribution is 2.15. The number of hydrogen-bond acceptors (Lipinski definition) is 4. The van der Waals surface area contributed by atoms with E-state index in [1.807, 2.05) is 0 Å². The molecule has 2 aliphatic rings. The zero-order valence-electron chi connectivity index (χ0n) is 8.28. The van der Waals surface area contributed by atoms with Gasteiger partial charge in [0.25, 0.3) is 0 Å². The van der Waals surface area contributed by atoms with Crippen LogP contribution in [-0.2, 0) is 9.59 Å². The molecule has 0 saturated carbocycles. The molecule has 2 heterocycles. The van der Waals surface area contributed by atoms with Crippen molar-refractivity contribution in [2.75, 3.05) is 13.1 Å². The fraction of sp³-hybridized carbons (Fsp3) is 0.667. The van der Waals surface area contributed by atoms with Crippen molar-refractivity contribution in [3.8, 4) is 0 Å². The molecule has 2 fully saturated rings. The summed E-state index contributed by atoms with van der Waals surface area (Å²) in [6.45, 7) is 1.60. The van der Waals surface area contributed by atoms with Crippen molar-refractivity contribution < 1.29 is 14.4 Å². The summed E-state index contributed by atoms with van der Waals surface area (Å²) in [5, 5.41) is 5.32. The number of urea groups is 1. The summed E-state index contributed by atoms with van der Waals surface area (Å²) in [6, 6.07) is -0.630. The van der Waals surface area contributed by atoms with E-state index in [1.165, 1.54) is 4.90 Å². The fourth-order valence-electron chi connectivity index (χ4n) is 1.99. The van der Waals surface area contributed by atoms with Crippen molar-refractivity contribution in [3.63, 3.8) is 0 Å². The van der Waals surface area contributed by atoms with Gasteiger partial charge in [-0.05, 0) is 25.9 Å². The van der Waals surface area contributed by atoms with Gasteiger partial charge in [-0.15, -0.1) is 0 Å². The topological polar surface area (TPSA) is 78.5 Å². The number of hydrogen-bond donors (Lipinski definition) is 2. The van der Waals surface area contributed by atoms with Crippen LogP contribution in [0.2, 0.25) is 0 Å². The average Bonchev–Trinajstić information content (AvgIpc) is 2.17. The molecular formula is C9H13N3O3. The molecule has 0 aromatic carbocycles. The molecule has 0 atom stereocenters. The largest absolute Gasteiger partial charge is 0.331 e.